The Morgan fingerprint density at radius 1 is 0.633 bits per heavy atom. The van der Waals surface area contributed by atoms with Gasteiger partial charge in [-0.3, -0.25) is 0 Å². The van der Waals surface area contributed by atoms with E-state index in [0.717, 1.165) is 19.3 Å². The van der Waals surface area contributed by atoms with Crippen LogP contribution in [0.1, 0.15) is 142 Å². The molecule has 6 heteroatoms. The average molecular weight is 457 g/mol. The first-order valence-electron chi connectivity index (χ1n) is 12.5. The van der Waals surface area contributed by atoms with Crippen molar-refractivity contribution >= 4 is 10.1 Å². The Kier molecular flexibility index (Phi) is 25.4. The third-order valence-electron chi connectivity index (χ3n) is 6.07. The molecule has 176 valence electrons. The van der Waals surface area contributed by atoms with Gasteiger partial charge in [0.1, 0.15) is 0 Å². The van der Waals surface area contributed by atoms with E-state index in [1.807, 2.05) is 6.92 Å². The smallest absolute Gasteiger partial charge is 0.748 e. The Morgan fingerprint density at radius 2 is 1.00 bits per heavy atom. The quantitative estimate of drug-likeness (QED) is 0.151. The molecule has 0 aromatic heterocycles. The third-order valence-corrected chi connectivity index (χ3v) is 7.36. The van der Waals surface area contributed by atoms with Crippen LogP contribution in [0.25, 0.3) is 0 Å². The predicted octanol–water partition coefficient (Wildman–Crippen LogP) is 4.11. The zero-order valence-corrected chi connectivity index (χ0v) is 23.2. The van der Waals surface area contributed by atoms with Gasteiger partial charge in [-0.2, -0.15) is 0 Å². The Morgan fingerprint density at radius 3 is 1.37 bits per heavy atom. The van der Waals surface area contributed by atoms with Gasteiger partial charge in [-0.25, -0.2) is 8.42 Å². The summed E-state index contributed by atoms with van der Waals surface area (Å²) >= 11 is 0. The molecule has 0 aliphatic rings. The summed E-state index contributed by atoms with van der Waals surface area (Å²) in [7, 11) is -4.22. The van der Waals surface area contributed by atoms with Crippen molar-refractivity contribution in [3.63, 3.8) is 0 Å². The zero-order chi connectivity index (χ0) is 21.8. The van der Waals surface area contributed by atoms with Gasteiger partial charge in [-0.1, -0.05) is 110 Å². The van der Waals surface area contributed by atoms with Crippen LogP contribution in [0, 0.1) is 0 Å². The van der Waals surface area contributed by atoms with Crippen LogP contribution in [-0.2, 0) is 10.1 Å². The molecule has 0 aliphatic heterocycles. The van der Waals surface area contributed by atoms with Gasteiger partial charge < -0.3 is 9.66 Å². The van der Waals surface area contributed by atoms with Gasteiger partial charge in [0, 0.05) is 5.25 Å². The second-order valence-corrected chi connectivity index (χ2v) is 10.5. The first-order chi connectivity index (χ1) is 13.9. The Hall–Kier alpha value is 0.870. The first-order valence-corrected chi connectivity index (χ1v) is 14.0. The minimum Gasteiger partial charge on any atom is -0.748 e. The predicted molar refractivity (Wildman–Crippen MR) is 123 cm³/mol. The minimum atomic E-state index is -4.22. The van der Waals surface area contributed by atoms with Crippen molar-refractivity contribution in [3.8, 4) is 0 Å². The summed E-state index contributed by atoms with van der Waals surface area (Å²) in [6, 6.07) is 0. The molecule has 1 N–H and O–H groups in total. The fraction of sp³-hybridized carbons (Fsp3) is 1.00. The number of aliphatic hydroxyl groups excluding tert-OH is 1. The fourth-order valence-electron chi connectivity index (χ4n) is 3.96. The summed E-state index contributed by atoms with van der Waals surface area (Å²) in [5.74, 6) is 0. The van der Waals surface area contributed by atoms with Crippen molar-refractivity contribution in [1.29, 1.82) is 0 Å². The monoisotopic (exact) mass is 456 g/mol. The summed E-state index contributed by atoms with van der Waals surface area (Å²) in [6.45, 7) is 4.16. The van der Waals surface area contributed by atoms with Gasteiger partial charge in [0.05, 0.1) is 16.2 Å². The molecule has 2 atom stereocenters. The molecule has 0 fully saturated rings. The van der Waals surface area contributed by atoms with Gasteiger partial charge in [-0.05, 0) is 32.1 Å². The molecule has 0 aromatic rings. The van der Waals surface area contributed by atoms with E-state index in [1.165, 1.54) is 77.0 Å². The normalized spacial score (nSPS) is 13.7. The van der Waals surface area contributed by atoms with E-state index in [0.29, 0.717) is 32.1 Å². The van der Waals surface area contributed by atoms with Crippen molar-refractivity contribution < 1.29 is 47.6 Å². The third kappa shape index (κ3) is 22.1. The second-order valence-electron chi connectivity index (χ2n) is 8.85. The maximum atomic E-state index is 11.4. The van der Waals surface area contributed by atoms with Crippen LogP contribution >= 0.6 is 0 Å². The molecule has 0 radical (unpaired) electrons. The van der Waals surface area contributed by atoms with E-state index in [1.54, 1.807) is 0 Å². The summed E-state index contributed by atoms with van der Waals surface area (Å²) in [4.78, 5) is 0. The number of hydrogen-bond donors (Lipinski definition) is 1. The molecule has 4 nitrogen and oxygen atoms in total. The van der Waals surface area contributed by atoms with E-state index in [2.05, 4.69) is 6.92 Å². The molecule has 0 amide bonds. The Balaban J connectivity index is 0. The van der Waals surface area contributed by atoms with E-state index in [-0.39, 0.29) is 35.7 Å². The van der Waals surface area contributed by atoms with Gasteiger partial charge in [0.2, 0.25) is 0 Å². The van der Waals surface area contributed by atoms with Crippen LogP contribution in [0.15, 0.2) is 0 Å². The van der Waals surface area contributed by atoms with E-state index in [4.69, 9.17) is 0 Å². The fourth-order valence-corrected chi connectivity index (χ4v) is 4.87. The van der Waals surface area contributed by atoms with Crippen molar-refractivity contribution in [1.82, 2.24) is 0 Å². The minimum absolute atomic E-state index is 0. The van der Waals surface area contributed by atoms with Gasteiger partial charge in [0.25, 0.3) is 0 Å². The number of rotatable bonds is 22. The Labute approximate surface area is 210 Å². The van der Waals surface area contributed by atoms with Gasteiger partial charge >= 0.3 is 29.6 Å². The van der Waals surface area contributed by atoms with Crippen LogP contribution in [0.2, 0.25) is 0 Å². The largest absolute Gasteiger partial charge is 1.00 e. The molecule has 0 aromatic carbocycles. The molecule has 0 saturated carbocycles. The molecule has 0 heterocycles. The second kappa shape index (κ2) is 23.0. The van der Waals surface area contributed by atoms with Crippen molar-refractivity contribution in [2.75, 3.05) is 0 Å². The molecule has 30 heavy (non-hydrogen) atoms. The zero-order valence-electron chi connectivity index (χ0n) is 20.4. The summed E-state index contributed by atoms with van der Waals surface area (Å²) in [5.41, 5.74) is 0. The van der Waals surface area contributed by atoms with Crippen LogP contribution in [0.5, 0.6) is 0 Å². The van der Waals surface area contributed by atoms with Crippen LogP contribution in [0.3, 0.4) is 0 Å². The number of unbranched alkanes of at least 4 members (excludes halogenated alkanes) is 14. The van der Waals surface area contributed by atoms with Crippen LogP contribution in [0.4, 0.5) is 0 Å². The molecule has 0 spiro atoms. The molecule has 0 rings (SSSR count). The molecule has 0 aliphatic carbocycles. The molecular formula is C24H49NaO4S. The summed E-state index contributed by atoms with van der Waals surface area (Å²) in [6.07, 6.45) is 21.5. The van der Waals surface area contributed by atoms with Gasteiger partial charge in [0.15, 0.2) is 0 Å². The number of aliphatic hydroxyl groups is 1. The first kappa shape index (κ1) is 33.0. The standard InChI is InChI=1S/C24H50O4S.Na/c1-3-5-6-7-8-9-10-11-12-13-14-15-16-17-18-21-24(29(26,27)28)22-19-20-23(25)4-2;/h23-25H,3-22H2,1-2H3,(H,26,27,28);/q;+1/p-1. The summed E-state index contributed by atoms with van der Waals surface area (Å²) < 4.78 is 34.3. The molecular weight excluding hydrogens is 407 g/mol. The van der Waals surface area contributed by atoms with Crippen LogP contribution in [-0.4, -0.2) is 29.4 Å². The van der Waals surface area contributed by atoms with Gasteiger partial charge in [-0.15, -0.1) is 0 Å². The number of hydrogen-bond acceptors (Lipinski definition) is 4. The van der Waals surface area contributed by atoms with Crippen LogP contribution < -0.4 is 29.6 Å². The van der Waals surface area contributed by atoms with Crippen molar-refractivity contribution in [2.24, 2.45) is 0 Å². The Bertz CT molecular complexity index is 442. The maximum absolute atomic E-state index is 11.4. The molecule has 0 saturated heterocycles. The van der Waals surface area contributed by atoms with Crippen molar-refractivity contribution in [3.05, 3.63) is 0 Å². The van der Waals surface area contributed by atoms with E-state index >= 15 is 0 Å². The topological polar surface area (TPSA) is 77.4 Å². The average Bonchev–Trinajstić information content (AvgIpc) is 2.68. The summed E-state index contributed by atoms with van der Waals surface area (Å²) in [5, 5.41) is 8.79. The molecule has 0 bridgehead atoms. The maximum Gasteiger partial charge on any atom is 1.00 e. The van der Waals surface area contributed by atoms with Crippen molar-refractivity contribution in [2.45, 2.75) is 154 Å². The SMILES string of the molecule is CCCCCCCCCCCCCCCCCC(CCCC(O)CC)S(=O)(=O)[O-].[Na+]. The molecule has 2 unspecified atom stereocenters. The van der Waals surface area contributed by atoms with E-state index < -0.39 is 15.4 Å². The van der Waals surface area contributed by atoms with E-state index in [9.17, 15) is 18.1 Å².